The molecule has 2 N–H and O–H groups in total. The molecule has 2 unspecified atom stereocenters. The van der Waals surface area contributed by atoms with E-state index in [1.165, 1.54) is 0 Å². The lowest BCUT2D eigenvalue weighted by molar-refractivity contribution is 0.0323. The van der Waals surface area contributed by atoms with Crippen LogP contribution < -0.4 is 0 Å². The van der Waals surface area contributed by atoms with Crippen LogP contribution in [-0.2, 0) is 0 Å². The Labute approximate surface area is 101 Å². The molecule has 0 aromatic heterocycles. The monoisotopic (exact) mass is 298 g/mol. The maximum atomic E-state index is 9.67. The lowest BCUT2D eigenvalue weighted by Crippen LogP contribution is -2.20. The van der Waals surface area contributed by atoms with E-state index < -0.39 is 12.2 Å². The molecule has 1 aromatic carbocycles. The molecule has 0 saturated heterocycles. The Morgan fingerprint density at radius 1 is 1.36 bits per heavy atom. The Hall–Kier alpha value is 0.200. The predicted octanol–water partition coefficient (Wildman–Crippen LogP) is 2.74. The zero-order chi connectivity index (χ0) is 10.7. The molecule has 0 radical (unpaired) electrons. The van der Waals surface area contributed by atoms with Gasteiger partial charge in [-0.25, -0.2) is 0 Å². The summed E-state index contributed by atoms with van der Waals surface area (Å²) in [6, 6.07) is 5.07. The van der Waals surface area contributed by atoms with Gasteiger partial charge in [0.2, 0.25) is 0 Å². The quantitative estimate of drug-likeness (QED) is 0.843. The Balaban J connectivity index is 3.01. The van der Waals surface area contributed by atoms with Crippen molar-refractivity contribution < 1.29 is 10.2 Å². The molecular formula is C9H9BrCl2O2. The van der Waals surface area contributed by atoms with E-state index >= 15 is 0 Å². The van der Waals surface area contributed by atoms with Crippen LogP contribution in [0.15, 0.2) is 22.7 Å². The van der Waals surface area contributed by atoms with Gasteiger partial charge in [0.25, 0.3) is 0 Å². The largest absolute Gasteiger partial charge is 0.389 e. The van der Waals surface area contributed by atoms with Gasteiger partial charge in [-0.1, -0.05) is 23.7 Å². The van der Waals surface area contributed by atoms with Crippen molar-refractivity contribution in [1.82, 2.24) is 0 Å². The summed E-state index contributed by atoms with van der Waals surface area (Å²) in [5.74, 6) is -0.0277. The summed E-state index contributed by atoms with van der Waals surface area (Å²) in [6.07, 6.45) is -2.02. The Morgan fingerprint density at radius 3 is 2.57 bits per heavy atom. The molecule has 0 aliphatic heterocycles. The number of rotatable bonds is 3. The van der Waals surface area contributed by atoms with E-state index in [0.717, 1.165) is 0 Å². The van der Waals surface area contributed by atoms with E-state index in [2.05, 4.69) is 15.9 Å². The molecule has 0 aliphatic carbocycles. The van der Waals surface area contributed by atoms with Crippen LogP contribution in [0.3, 0.4) is 0 Å². The third kappa shape index (κ3) is 2.61. The molecular weight excluding hydrogens is 291 g/mol. The lowest BCUT2D eigenvalue weighted by Gasteiger charge is -2.17. The fourth-order valence-corrected chi connectivity index (χ4v) is 1.89. The zero-order valence-electron chi connectivity index (χ0n) is 7.12. The average Bonchev–Trinajstić information content (AvgIpc) is 2.20. The molecule has 0 spiro atoms. The minimum absolute atomic E-state index is 0.0277. The highest BCUT2D eigenvalue weighted by Crippen LogP contribution is 2.31. The van der Waals surface area contributed by atoms with Gasteiger partial charge < -0.3 is 10.2 Å². The number of alkyl halides is 1. The van der Waals surface area contributed by atoms with Crippen molar-refractivity contribution in [1.29, 1.82) is 0 Å². The summed E-state index contributed by atoms with van der Waals surface area (Å²) >= 11 is 14.5. The van der Waals surface area contributed by atoms with Crippen LogP contribution >= 0.6 is 39.1 Å². The number of benzene rings is 1. The van der Waals surface area contributed by atoms with Crippen molar-refractivity contribution in [3.8, 4) is 0 Å². The number of aliphatic hydroxyl groups excluding tert-OH is 2. The number of aliphatic hydroxyl groups is 2. The van der Waals surface area contributed by atoms with E-state index in [0.29, 0.717) is 15.1 Å². The highest BCUT2D eigenvalue weighted by Gasteiger charge is 2.20. The Kier molecular flexibility index (Phi) is 4.67. The van der Waals surface area contributed by atoms with Crippen molar-refractivity contribution in [3.05, 3.63) is 33.3 Å². The number of hydrogen-bond donors (Lipinski definition) is 2. The third-order valence-electron chi connectivity index (χ3n) is 1.82. The van der Waals surface area contributed by atoms with Gasteiger partial charge in [0.15, 0.2) is 0 Å². The summed E-state index contributed by atoms with van der Waals surface area (Å²) in [5, 5.41) is 19.5. The van der Waals surface area contributed by atoms with Crippen LogP contribution in [0.25, 0.3) is 0 Å². The highest BCUT2D eigenvalue weighted by atomic mass is 79.9. The molecule has 0 aliphatic rings. The summed E-state index contributed by atoms with van der Waals surface area (Å²) in [5.41, 5.74) is 0.533. The topological polar surface area (TPSA) is 40.5 Å². The van der Waals surface area contributed by atoms with Crippen molar-refractivity contribution in [2.45, 2.75) is 12.2 Å². The fourth-order valence-electron chi connectivity index (χ4n) is 1.04. The second-order valence-electron chi connectivity index (χ2n) is 2.81. The molecule has 2 atom stereocenters. The van der Waals surface area contributed by atoms with Crippen molar-refractivity contribution in [3.63, 3.8) is 0 Å². The Morgan fingerprint density at radius 2 is 2.00 bits per heavy atom. The third-order valence-corrected chi connectivity index (χ3v) is 3.57. The van der Waals surface area contributed by atoms with E-state index in [1.807, 2.05) is 0 Å². The van der Waals surface area contributed by atoms with Gasteiger partial charge in [-0.2, -0.15) is 0 Å². The first-order chi connectivity index (χ1) is 6.57. The van der Waals surface area contributed by atoms with E-state index in [9.17, 15) is 10.2 Å². The highest BCUT2D eigenvalue weighted by molar-refractivity contribution is 9.10. The molecule has 0 saturated carbocycles. The molecule has 1 rings (SSSR count). The minimum Gasteiger partial charge on any atom is -0.389 e. The maximum Gasteiger partial charge on any atom is 0.107 e. The minimum atomic E-state index is -1.03. The zero-order valence-corrected chi connectivity index (χ0v) is 10.2. The van der Waals surface area contributed by atoms with E-state index in [-0.39, 0.29) is 5.88 Å². The normalized spacial score (nSPS) is 15.2. The average molecular weight is 300 g/mol. The van der Waals surface area contributed by atoms with Crippen LogP contribution in [0.1, 0.15) is 11.7 Å². The number of halogens is 3. The smallest absolute Gasteiger partial charge is 0.107 e. The lowest BCUT2D eigenvalue weighted by atomic mass is 10.1. The van der Waals surface area contributed by atoms with Gasteiger partial charge in [-0.05, 0) is 27.6 Å². The second kappa shape index (κ2) is 5.33. The van der Waals surface area contributed by atoms with Gasteiger partial charge in [-0.3, -0.25) is 0 Å². The first-order valence-corrected chi connectivity index (χ1v) is 5.64. The van der Waals surface area contributed by atoms with E-state index in [1.54, 1.807) is 18.2 Å². The molecule has 0 fully saturated rings. The van der Waals surface area contributed by atoms with Crippen LogP contribution in [0.4, 0.5) is 0 Å². The standard InChI is InChI=1S/C9H9BrCl2O2/c10-8-5(2-1-3-6(8)12)9(14)7(13)4-11/h1-3,7,9,13-14H,4H2. The molecule has 0 bridgehead atoms. The first kappa shape index (κ1) is 12.3. The van der Waals surface area contributed by atoms with Crippen molar-refractivity contribution >= 4 is 39.1 Å². The summed E-state index contributed by atoms with van der Waals surface area (Å²) in [7, 11) is 0. The summed E-state index contributed by atoms with van der Waals surface area (Å²) in [4.78, 5) is 0. The molecule has 5 heteroatoms. The molecule has 14 heavy (non-hydrogen) atoms. The molecule has 78 valence electrons. The molecule has 0 amide bonds. The first-order valence-electron chi connectivity index (χ1n) is 3.94. The number of hydrogen-bond acceptors (Lipinski definition) is 2. The van der Waals surface area contributed by atoms with Gasteiger partial charge in [0, 0.05) is 4.47 Å². The van der Waals surface area contributed by atoms with Crippen molar-refractivity contribution in [2.24, 2.45) is 0 Å². The predicted molar refractivity (Wildman–Crippen MR) is 60.8 cm³/mol. The van der Waals surface area contributed by atoms with Crippen LogP contribution in [-0.4, -0.2) is 22.2 Å². The van der Waals surface area contributed by atoms with Crippen LogP contribution in [0.2, 0.25) is 5.02 Å². The van der Waals surface area contributed by atoms with E-state index in [4.69, 9.17) is 23.2 Å². The maximum absolute atomic E-state index is 9.67. The van der Waals surface area contributed by atoms with Gasteiger partial charge in [0.1, 0.15) is 6.10 Å². The SMILES string of the molecule is OC(CCl)C(O)c1cccc(Cl)c1Br. The van der Waals surface area contributed by atoms with Gasteiger partial charge >= 0.3 is 0 Å². The fraction of sp³-hybridized carbons (Fsp3) is 0.333. The molecule has 0 heterocycles. The van der Waals surface area contributed by atoms with Gasteiger partial charge in [0.05, 0.1) is 17.0 Å². The van der Waals surface area contributed by atoms with Crippen LogP contribution in [0.5, 0.6) is 0 Å². The van der Waals surface area contributed by atoms with Crippen LogP contribution in [0, 0.1) is 0 Å². The molecule has 1 aromatic rings. The van der Waals surface area contributed by atoms with Crippen molar-refractivity contribution in [2.75, 3.05) is 5.88 Å². The summed E-state index contributed by atoms with van der Waals surface area (Å²) < 4.78 is 0.582. The molecule has 2 nitrogen and oxygen atoms in total. The second-order valence-corrected chi connectivity index (χ2v) is 4.32. The Bertz CT molecular complexity index is 320. The van der Waals surface area contributed by atoms with Gasteiger partial charge in [-0.15, -0.1) is 11.6 Å². The summed E-state index contributed by atoms with van der Waals surface area (Å²) in [6.45, 7) is 0.